The van der Waals surface area contributed by atoms with Crippen LogP contribution in [0.25, 0.3) is 0 Å². The van der Waals surface area contributed by atoms with Gasteiger partial charge in [0.25, 0.3) is 0 Å². The molecule has 1 unspecified atom stereocenters. The monoisotopic (exact) mass is 383 g/mol. The van der Waals surface area contributed by atoms with E-state index in [2.05, 4.69) is 16.9 Å². The number of hydrogen-bond donors (Lipinski definition) is 1. The molecule has 0 spiro atoms. The minimum absolute atomic E-state index is 0.0362. The maximum absolute atomic E-state index is 13.1. The molecule has 1 aliphatic rings. The van der Waals surface area contributed by atoms with Crippen molar-refractivity contribution < 1.29 is 14.0 Å². The number of nitrogens with zero attached hydrogens (tertiary/aromatic N) is 2. The van der Waals surface area contributed by atoms with Crippen LogP contribution in [0.2, 0.25) is 0 Å². The van der Waals surface area contributed by atoms with E-state index in [1.54, 1.807) is 18.2 Å². The van der Waals surface area contributed by atoms with Gasteiger partial charge in [0, 0.05) is 18.7 Å². The van der Waals surface area contributed by atoms with E-state index in [4.69, 9.17) is 0 Å². The normalized spacial score (nSPS) is 18.0. The van der Waals surface area contributed by atoms with Gasteiger partial charge in [0.15, 0.2) is 5.17 Å². The van der Waals surface area contributed by atoms with Crippen LogP contribution in [0.3, 0.4) is 0 Å². The van der Waals surface area contributed by atoms with E-state index < -0.39 is 5.25 Å². The van der Waals surface area contributed by atoms with Crippen molar-refractivity contribution in [1.29, 1.82) is 0 Å². The highest BCUT2D eigenvalue weighted by Crippen LogP contribution is 2.31. The smallest absolute Gasteiger partial charge is 0.242 e. The highest BCUT2D eigenvalue weighted by molar-refractivity contribution is 8.15. The number of carbonyl (C=O) groups is 2. The Bertz CT molecular complexity index is 869. The number of amides is 2. The molecule has 2 amide bonds. The van der Waals surface area contributed by atoms with Gasteiger partial charge in [0.2, 0.25) is 11.8 Å². The second kappa shape index (κ2) is 8.64. The Kier molecular flexibility index (Phi) is 6.03. The number of rotatable bonds is 6. The highest BCUT2D eigenvalue weighted by Gasteiger charge is 2.38. The van der Waals surface area contributed by atoms with E-state index in [9.17, 15) is 14.0 Å². The predicted octanol–water partition coefficient (Wildman–Crippen LogP) is 3.97. The van der Waals surface area contributed by atoms with Crippen molar-refractivity contribution in [3.63, 3.8) is 0 Å². The summed E-state index contributed by atoms with van der Waals surface area (Å²) >= 11 is 1.23. The van der Waals surface area contributed by atoms with Crippen molar-refractivity contribution >= 4 is 40.1 Å². The molecule has 2 aromatic carbocycles. The summed E-state index contributed by atoms with van der Waals surface area (Å²) in [5.74, 6) is -0.787. The SMILES string of the molecule is C=CCN1C(=O)C(CC(=O)Nc2ccccc2)SC1=Nc1ccc(F)cc1. The molecule has 0 aromatic heterocycles. The Morgan fingerprint density at radius 3 is 2.59 bits per heavy atom. The third kappa shape index (κ3) is 4.83. The van der Waals surface area contributed by atoms with Gasteiger partial charge < -0.3 is 5.32 Å². The topological polar surface area (TPSA) is 61.8 Å². The Hall–Kier alpha value is -2.93. The molecule has 1 aliphatic heterocycles. The van der Waals surface area contributed by atoms with Gasteiger partial charge in [-0.1, -0.05) is 36.0 Å². The van der Waals surface area contributed by atoms with Gasteiger partial charge in [-0.25, -0.2) is 9.38 Å². The Morgan fingerprint density at radius 1 is 1.22 bits per heavy atom. The van der Waals surface area contributed by atoms with E-state index in [0.717, 1.165) is 0 Å². The van der Waals surface area contributed by atoms with Crippen LogP contribution in [0.4, 0.5) is 15.8 Å². The lowest BCUT2D eigenvalue weighted by Crippen LogP contribution is -2.33. The summed E-state index contributed by atoms with van der Waals surface area (Å²) in [5, 5.41) is 2.70. The number of halogens is 1. The van der Waals surface area contributed by atoms with E-state index in [1.807, 2.05) is 18.2 Å². The molecule has 2 aromatic rings. The molecule has 1 fully saturated rings. The third-order valence-corrected chi connectivity index (χ3v) is 4.99. The number of thioether (sulfide) groups is 1. The fourth-order valence-corrected chi connectivity index (χ4v) is 3.72. The van der Waals surface area contributed by atoms with Crippen molar-refractivity contribution in [3.05, 3.63) is 73.1 Å². The number of para-hydroxylation sites is 1. The van der Waals surface area contributed by atoms with Crippen LogP contribution in [-0.4, -0.2) is 33.7 Å². The zero-order valence-corrected chi connectivity index (χ0v) is 15.3. The molecular weight excluding hydrogens is 365 g/mol. The lowest BCUT2D eigenvalue weighted by Gasteiger charge is -2.13. The number of nitrogens with one attached hydrogen (secondary N) is 1. The summed E-state index contributed by atoms with van der Waals surface area (Å²) in [6.45, 7) is 3.96. The Morgan fingerprint density at radius 2 is 1.93 bits per heavy atom. The molecule has 7 heteroatoms. The van der Waals surface area contributed by atoms with Crippen molar-refractivity contribution in [3.8, 4) is 0 Å². The number of amidine groups is 1. The van der Waals surface area contributed by atoms with Gasteiger partial charge in [0.05, 0.1) is 5.69 Å². The van der Waals surface area contributed by atoms with Crippen LogP contribution in [0.1, 0.15) is 6.42 Å². The molecule has 0 aliphatic carbocycles. The van der Waals surface area contributed by atoms with Crippen LogP contribution in [-0.2, 0) is 9.59 Å². The summed E-state index contributed by atoms with van der Waals surface area (Å²) < 4.78 is 13.1. The third-order valence-electron chi connectivity index (χ3n) is 3.81. The molecular formula is C20H18FN3O2S. The fourth-order valence-electron chi connectivity index (χ4n) is 2.55. The minimum Gasteiger partial charge on any atom is -0.326 e. The molecule has 0 bridgehead atoms. The van der Waals surface area contributed by atoms with E-state index >= 15 is 0 Å². The van der Waals surface area contributed by atoms with E-state index in [1.165, 1.54) is 40.9 Å². The summed E-state index contributed by atoms with van der Waals surface area (Å²) in [6, 6.07) is 14.8. The molecule has 138 valence electrons. The second-order valence-electron chi connectivity index (χ2n) is 5.83. The van der Waals surface area contributed by atoms with Crippen LogP contribution in [0.15, 0.2) is 72.2 Å². The van der Waals surface area contributed by atoms with Crippen molar-refractivity contribution in [2.24, 2.45) is 4.99 Å². The van der Waals surface area contributed by atoms with Crippen LogP contribution in [0, 0.1) is 5.82 Å². The summed E-state index contributed by atoms with van der Waals surface area (Å²) in [5.41, 5.74) is 1.22. The first kappa shape index (κ1) is 18.8. The van der Waals surface area contributed by atoms with Crippen LogP contribution in [0.5, 0.6) is 0 Å². The average molecular weight is 383 g/mol. The second-order valence-corrected chi connectivity index (χ2v) is 7.00. The summed E-state index contributed by atoms with van der Waals surface area (Å²) in [7, 11) is 0. The van der Waals surface area contributed by atoms with Crippen LogP contribution < -0.4 is 5.32 Å². The lowest BCUT2D eigenvalue weighted by molar-refractivity contribution is -0.127. The standard InChI is InChI=1S/C20H18FN3O2S/c1-2-12-24-19(26)17(13-18(25)22-15-6-4-3-5-7-15)27-20(24)23-16-10-8-14(21)9-11-16/h2-11,17H,1,12-13H2,(H,22,25). The molecule has 5 nitrogen and oxygen atoms in total. The molecule has 3 rings (SSSR count). The molecule has 0 saturated carbocycles. The minimum atomic E-state index is -0.562. The number of aliphatic imine (C=N–C) groups is 1. The maximum Gasteiger partial charge on any atom is 0.242 e. The van der Waals surface area contributed by atoms with Gasteiger partial charge in [-0.05, 0) is 36.4 Å². The molecule has 1 saturated heterocycles. The zero-order valence-electron chi connectivity index (χ0n) is 14.5. The Balaban J connectivity index is 1.73. The fraction of sp³-hybridized carbons (Fsp3) is 0.150. The van der Waals surface area contributed by atoms with Crippen molar-refractivity contribution in [2.75, 3.05) is 11.9 Å². The number of anilines is 1. The summed E-state index contributed by atoms with van der Waals surface area (Å²) in [6.07, 6.45) is 1.64. The first-order valence-corrected chi connectivity index (χ1v) is 9.23. The highest BCUT2D eigenvalue weighted by atomic mass is 32.2. The predicted molar refractivity (Wildman–Crippen MR) is 106 cm³/mol. The van der Waals surface area contributed by atoms with Gasteiger partial charge >= 0.3 is 0 Å². The zero-order chi connectivity index (χ0) is 19.2. The van der Waals surface area contributed by atoms with Crippen molar-refractivity contribution in [1.82, 2.24) is 4.90 Å². The quantitative estimate of drug-likeness (QED) is 0.768. The largest absolute Gasteiger partial charge is 0.326 e. The number of benzene rings is 2. The molecule has 1 heterocycles. The van der Waals surface area contributed by atoms with Gasteiger partial charge in [-0.15, -0.1) is 6.58 Å². The molecule has 0 radical (unpaired) electrons. The molecule has 27 heavy (non-hydrogen) atoms. The molecule has 1 N–H and O–H groups in total. The number of carbonyl (C=O) groups excluding carboxylic acids is 2. The summed E-state index contributed by atoms with van der Waals surface area (Å²) in [4.78, 5) is 30.9. The Labute approximate surface area is 161 Å². The maximum atomic E-state index is 13.1. The van der Waals surface area contributed by atoms with Gasteiger partial charge in [-0.2, -0.15) is 0 Å². The molecule has 1 atom stereocenters. The van der Waals surface area contributed by atoms with Gasteiger partial charge in [-0.3, -0.25) is 14.5 Å². The van der Waals surface area contributed by atoms with E-state index in [-0.39, 0.29) is 24.1 Å². The van der Waals surface area contributed by atoms with E-state index in [0.29, 0.717) is 23.1 Å². The van der Waals surface area contributed by atoms with Crippen LogP contribution >= 0.6 is 11.8 Å². The van der Waals surface area contributed by atoms with Gasteiger partial charge in [0.1, 0.15) is 11.1 Å². The average Bonchev–Trinajstić information content (AvgIpc) is 2.93. The van der Waals surface area contributed by atoms with Crippen molar-refractivity contribution in [2.45, 2.75) is 11.7 Å². The first-order chi connectivity index (χ1) is 13.1. The first-order valence-electron chi connectivity index (χ1n) is 8.35. The lowest BCUT2D eigenvalue weighted by atomic mass is 10.2. The number of hydrogen-bond acceptors (Lipinski definition) is 4.